The summed E-state index contributed by atoms with van der Waals surface area (Å²) in [6.07, 6.45) is -8.51. The molecular weight excluding hydrogens is 544 g/mol. The maximum atomic E-state index is 13.2. The molecule has 13 heteroatoms. The van der Waals surface area contributed by atoms with E-state index in [2.05, 4.69) is 10.3 Å². The summed E-state index contributed by atoms with van der Waals surface area (Å²) in [4.78, 5) is 29.2. The number of halogens is 6. The number of imidazole rings is 1. The molecule has 7 nitrogen and oxygen atoms in total. The van der Waals surface area contributed by atoms with E-state index in [0.29, 0.717) is 34.9 Å². The summed E-state index contributed by atoms with van der Waals surface area (Å²) in [5, 5.41) is 2.97. The molecule has 0 aliphatic rings. The number of hydrogen-bond donors (Lipinski definition) is 1. The molecule has 0 fully saturated rings. The van der Waals surface area contributed by atoms with Crippen molar-refractivity contribution in [2.45, 2.75) is 26.2 Å². The molecule has 2 aromatic carbocycles. The average molecular weight is 565 g/mol. The van der Waals surface area contributed by atoms with Crippen molar-refractivity contribution in [3.8, 4) is 17.0 Å². The number of pyridine rings is 1. The largest absolute Gasteiger partial charge is 0.465 e. The molecule has 4 aromatic rings. The van der Waals surface area contributed by atoms with E-state index >= 15 is 0 Å². The van der Waals surface area contributed by atoms with E-state index in [1.807, 2.05) is 13.0 Å². The number of benzene rings is 2. The molecule has 40 heavy (non-hydrogen) atoms. The lowest BCUT2D eigenvalue weighted by molar-refractivity contribution is -0.143. The molecule has 0 saturated carbocycles. The van der Waals surface area contributed by atoms with Gasteiger partial charge in [-0.3, -0.25) is 9.20 Å². The number of anilines is 1. The Bertz CT molecular complexity index is 1540. The summed E-state index contributed by atoms with van der Waals surface area (Å²) in [5.41, 5.74) is -2.05. The molecule has 0 bridgehead atoms. The summed E-state index contributed by atoms with van der Waals surface area (Å²) in [7, 11) is 0. The van der Waals surface area contributed by atoms with Crippen LogP contribution in [0.25, 0.3) is 16.9 Å². The van der Waals surface area contributed by atoms with Crippen molar-refractivity contribution < 1.29 is 45.4 Å². The molecule has 2 heterocycles. The van der Waals surface area contributed by atoms with Gasteiger partial charge in [-0.2, -0.15) is 26.3 Å². The number of esters is 2. The third-order valence-corrected chi connectivity index (χ3v) is 5.63. The normalized spacial score (nSPS) is 11.9. The Hall–Kier alpha value is -4.55. The van der Waals surface area contributed by atoms with Gasteiger partial charge in [0.25, 0.3) is 0 Å². The lowest BCUT2D eigenvalue weighted by atomic mass is 10.0. The maximum Gasteiger partial charge on any atom is 0.416 e. The van der Waals surface area contributed by atoms with Gasteiger partial charge in [0.2, 0.25) is 0 Å². The van der Waals surface area contributed by atoms with Crippen molar-refractivity contribution in [2.24, 2.45) is 0 Å². The van der Waals surface area contributed by atoms with Crippen molar-refractivity contribution >= 4 is 23.4 Å². The predicted octanol–water partition coefficient (Wildman–Crippen LogP) is 6.54. The van der Waals surface area contributed by atoms with Gasteiger partial charge in [-0.15, -0.1) is 0 Å². The minimum atomic E-state index is -5.12. The SMILES string of the molecule is CCOC(=O)CNc1c(-c2cccc(OC(=O)c3cc(C(F)(F)F)cc(C(F)(F)F)c3)c2)nc2cc(C)ccn12. The molecule has 0 atom stereocenters. The summed E-state index contributed by atoms with van der Waals surface area (Å²) in [5.74, 6) is -1.69. The Morgan fingerprint density at radius 2 is 1.62 bits per heavy atom. The number of alkyl halides is 6. The van der Waals surface area contributed by atoms with E-state index in [0.717, 1.165) is 5.56 Å². The van der Waals surface area contributed by atoms with Crippen LogP contribution in [0.1, 0.15) is 34.0 Å². The van der Waals surface area contributed by atoms with E-state index in [4.69, 9.17) is 9.47 Å². The zero-order valence-corrected chi connectivity index (χ0v) is 21.0. The molecule has 210 valence electrons. The zero-order valence-electron chi connectivity index (χ0n) is 21.0. The molecule has 4 rings (SSSR count). The third kappa shape index (κ3) is 6.35. The van der Waals surface area contributed by atoms with Crippen LogP contribution in [0.4, 0.5) is 32.2 Å². The number of aromatic nitrogens is 2. The summed E-state index contributed by atoms with van der Waals surface area (Å²) in [6.45, 7) is 3.52. The van der Waals surface area contributed by atoms with Gasteiger partial charge in [-0.05, 0) is 61.9 Å². The number of carbonyl (C=O) groups is 2. The highest BCUT2D eigenvalue weighted by Crippen LogP contribution is 2.37. The number of carbonyl (C=O) groups excluding carboxylic acids is 2. The smallest absolute Gasteiger partial charge is 0.416 e. The standard InChI is InChI=1S/C27H21F6N3O4/c1-3-39-22(37)14-34-24-23(35-21-9-15(2)7-8-36(21)24)16-5-4-6-20(12-16)40-25(38)17-10-18(26(28,29)30)13-19(11-17)27(31,32)33/h4-13,34H,3,14H2,1-2H3. The Labute approximate surface area is 223 Å². The molecule has 0 amide bonds. The zero-order chi connectivity index (χ0) is 29.2. The van der Waals surface area contributed by atoms with Gasteiger partial charge in [-0.25, -0.2) is 9.78 Å². The lowest BCUT2D eigenvalue weighted by Crippen LogP contribution is -2.18. The van der Waals surface area contributed by atoms with Crippen LogP contribution in [0.5, 0.6) is 5.75 Å². The fourth-order valence-electron chi connectivity index (χ4n) is 3.83. The predicted molar refractivity (Wildman–Crippen MR) is 132 cm³/mol. The monoisotopic (exact) mass is 565 g/mol. The van der Waals surface area contributed by atoms with Gasteiger partial charge in [0.15, 0.2) is 0 Å². The van der Waals surface area contributed by atoms with Crippen molar-refractivity contribution in [3.63, 3.8) is 0 Å². The highest BCUT2D eigenvalue weighted by molar-refractivity contribution is 5.92. The van der Waals surface area contributed by atoms with Crippen LogP contribution in [0.2, 0.25) is 0 Å². The van der Waals surface area contributed by atoms with Crippen molar-refractivity contribution in [1.29, 1.82) is 0 Å². The number of hydrogen-bond acceptors (Lipinski definition) is 6. The van der Waals surface area contributed by atoms with Gasteiger partial charge in [0, 0.05) is 11.8 Å². The first-order valence-electron chi connectivity index (χ1n) is 11.8. The van der Waals surface area contributed by atoms with Crippen molar-refractivity contribution in [2.75, 3.05) is 18.5 Å². The highest BCUT2D eigenvalue weighted by atomic mass is 19.4. The molecule has 0 unspecified atom stereocenters. The number of ether oxygens (including phenoxy) is 2. The van der Waals surface area contributed by atoms with Gasteiger partial charge >= 0.3 is 24.3 Å². The van der Waals surface area contributed by atoms with Gasteiger partial charge in [0.05, 0.1) is 23.3 Å². The minimum Gasteiger partial charge on any atom is -0.465 e. The first kappa shape index (κ1) is 28.5. The average Bonchev–Trinajstić information content (AvgIpc) is 3.24. The van der Waals surface area contributed by atoms with Gasteiger partial charge in [-0.1, -0.05) is 12.1 Å². The quantitative estimate of drug-likeness (QED) is 0.156. The number of aryl methyl sites for hydroxylation is 1. The number of nitrogens with one attached hydrogen (secondary N) is 1. The Balaban J connectivity index is 1.69. The molecule has 0 radical (unpaired) electrons. The second kappa shape index (κ2) is 10.9. The summed E-state index contributed by atoms with van der Waals surface area (Å²) in [6, 6.07) is 9.85. The fourth-order valence-corrected chi connectivity index (χ4v) is 3.83. The Kier molecular flexibility index (Phi) is 7.76. The highest BCUT2D eigenvalue weighted by Gasteiger charge is 2.37. The second-order valence-corrected chi connectivity index (χ2v) is 8.61. The van der Waals surface area contributed by atoms with Crippen LogP contribution in [0.15, 0.2) is 60.8 Å². The molecule has 0 spiro atoms. The first-order chi connectivity index (χ1) is 18.8. The molecule has 0 aliphatic carbocycles. The maximum absolute atomic E-state index is 13.2. The van der Waals surface area contributed by atoms with E-state index in [1.165, 1.54) is 18.2 Å². The van der Waals surface area contributed by atoms with Crippen LogP contribution in [0, 0.1) is 6.92 Å². The van der Waals surface area contributed by atoms with Crippen LogP contribution in [0.3, 0.4) is 0 Å². The molecular formula is C27H21F6N3O4. The summed E-state index contributed by atoms with van der Waals surface area (Å²) < 4.78 is 91.1. The molecule has 2 aromatic heterocycles. The summed E-state index contributed by atoms with van der Waals surface area (Å²) >= 11 is 0. The first-order valence-corrected chi connectivity index (χ1v) is 11.8. The van der Waals surface area contributed by atoms with Crippen LogP contribution >= 0.6 is 0 Å². The van der Waals surface area contributed by atoms with E-state index in [9.17, 15) is 35.9 Å². The molecule has 0 aliphatic heterocycles. The Morgan fingerprint density at radius 1 is 0.950 bits per heavy atom. The molecule has 1 N–H and O–H groups in total. The number of rotatable bonds is 7. The van der Waals surface area contributed by atoms with E-state index in [1.54, 1.807) is 29.7 Å². The van der Waals surface area contributed by atoms with Crippen LogP contribution < -0.4 is 10.1 Å². The Morgan fingerprint density at radius 3 is 2.25 bits per heavy atom. The van der Waals surface area contributed by atoms with Gasteiger partial charge in [0.1, 0.15) is 29.5 Å². The number of nitrogens with zero attached hydrogens (tertiary/aromatic N) is 2. The van der Waals surface area contributed by atoms with E-state index < -0.39 is 41.0 Å². The fraction of sp³-hybridized carbons (Fsp3) is 0.222. The van der Waals surface area contributed by atoms with Crippen molar-refractivity contribution in [1.82, 2.24) is 9.38 Å². The van der Waals surface area contributed by atoms with Crippen LogP contribution in [-0.4, -0.2) is 34.5 Å². The van der Waals surface area contributed by atoms with Gasteiger partial charge < -0.3 is 14.8 Å². The molecule has 0 saturated heterocycles. The van der Waals surface area contributed by atoms with Crippen molar-refractivity contribution in [3.05, 3.63) is 83.0 Å². The third-order valence-electron chi connectivity index (χ3n) is 5.63. The lowest BCUT2D eigenvalue weighted by Gasteiger charge is -2.14. The topological polar surface area (TPSA) is 81.9 Å². The van der Waals surface area contributed by atoms with E-state index in [-0.39, 0.29) is 25.0 Å². The van der Waals surface area contributed by atoms with Crippen LogP contribution in [-0.2, 0) is 21.9 Å². The second-order valence-electron chi connectivity index (χ2n) is 8.61. The minimum absolute atomic E-state index is 0.0760. The number of fused-ring (bicyclic) bond motifs is 1.